The Labute approximate surface area is 162 Å². The van der Waals surface area contributed by atoms with Gasteiger partial charge >= 0.3 is 5.97 Å². The van der Waals surface area contributed by atoms with Crippen molar-refractivity contribution >= 4 is 64.1 Å². The summed E-state index contributed by atoms with van der Waals surface area (Å²) < 4.78 is 5.88. The Morgan fingerprint density at radius 3 is 2.77 bits per heavy atom. The smallest absolute Gasteiger partial charge is 0.323 e. The first-order valence-electron chi connectivity index (χ1n) is 7.21. The van der Waals surface area contributed by atoms with Gasteiger partial charge in [0.05, 0.1) is 9.93 Å². The summed E-state index contributed by atoms with van der Waals surface area (Å²) in [6, 6.07) is 8.16. The maximum atomic E-state index is 12.2. The van der Waals surface area contributed by atoms with Crippen molar-refractivity contribution < 1.29 is 23.9 Å². The minimum atomic E-state index is -1.14. The SMILES string of the molecule is O=Cc1ccc(-c2ccc(/C=C3\SC(=S)N(CC(=O)O)C3=O)o2)c(Cl)c1. The summed E-state index contributed by atoms with van der Waals surface area (Å²) in [5.74, 6) is -0.754. The van der Waals surface area contributed by atoms with Gasteiger partial charge in [0, 0.05) is 17.2 Å². The van der Waals surface area contributed by atoms with Gasteiger partial charge in [-0.15, -0.1) is 0 Å². The number of aldehydes is 1. The molecule has 2 heterocycles. The van der Waals surface area contributed by atoms with E-state index in [-0.39, 0.29) is 9.23 Å². The predicted octanol–water partition coefficient (Wildman–Crippen LogP) is 3.70. The van der Waals surface area contributed by atoms with Gasteiger partial charge in [-0.2, -0.15) is 0 Å². The second-order valence-corrected chi connectivity index (χ2v) is 7.30. The molecule has 0 saturated carbocycles. The number of thioether (sulfide) groups is 1. The van der Waals surface area contributed by atoms with E-state index in [1.54, 1.807) is 24.3 Å². The van der Waals surface area contributed by atoms with Crippen molar-refractivity contribution in [2.75, 3.05) is 6.54 Å². The van der Waals surface area contributed by atoms with Crippen LogP contribution in [0.25, 0.3) is 17.4 Å². The molecule has 1 amide bonds. The first-order chi connectivity index (χ1) is 12.4. The molecule has 1 aliphatic rings. The lowest BCUT2D eigenvalue weighted by Crippen LogP contribution is -2.33. The molecule has 6 nitrogen and oxygen atoms in total. The number of rotatable bonds is 5. The summed E-state index contributed by atoms with van der Waals surface area (Å²) >= 11 is 12.2. The number of aliphatic carboxylic acids is 1. The fraction of sp³-hybridized carbons (Fsp3) is 0.0588. The summed E-state index contributed by atoms with van der Waals surface area (Å²) in [5.41, 5.74) is 1.06. The van der Waals surface area contributed by atoms with Crippen LogP contribution in [0.3, 0.4) is 0 Å². The van der Waals surface area contributed by atoms with E-state index in [4.69, 9.17) is 33.3 Å². The van der Waals surface area contributed by atoms with Crippen LogP contribution in [0.5, 0.6) is 0 Å². The number of hydrogen-bond acceptors (Lipinski definition) is 6. The van der Waals surface area contributed by atoms with Gasteiger partial charge in [-0.05, 0) is 24.3 Å². The van der Waals surface area contributed by atoms with E-state index in [1.807, 2.05) is 0 Å². The number of carbonyl (C=O) groups excluding carboxylic acids is 2. The molecule has 9 heteroatoms. The zero-order valence-corrected chi connectivity index (χ0v) is 15.4. The van der Waals surface area contributed by atoms with E-state index in [1.165, 1.54) is 12.1 Å². The van der Waals surface area contributed by atoms with E-state index >= 15 is 0 Å². The highest BCUT2D eigenvalue weighted by Crippen LogP contribution is 2.34. The number of thiocarbonyl (C=S) groups is 1. The van der Waals surface area contributed by atoms with E-state index in [0.29, 0.717) is 34.0 Å². The second kappa shape index (κ2) is 7.45. The van der Waals surface area contributed by atoms with Crippen molar-refractivity contribution in [1.82, 2.24) is 4.90 Å². The Morgan fingerprint density at radius 2 is 2.12 bits per heavy atom. The molecular weight excluding hydrogens is 398 g/mol. The highest BCUT2D eigenvalue weighted by atomic mass is 35.5. The average molecular weight is 408 g/mol. The van der Waals surface area contributed by atoms with Crippen LogP contribution in [0, 0.1) is 0 Å². The Morgan fingerprint density at radius 1 is 1.35 bits per heavy atom. The monoisotopic (exact) mass is 407 g/mol. The van der Waals surface area contributed by atoms with Crippen molar-refractivity contribution in [3.8, 4) is 11.3 Å². The first-order valence-corrected chi connectivity index (χ1v) is 8.81. The first kappa shape index (κ1) is 18.4. The molecule has 0 spiro atoms. The lowest BCUT2D eigenvalue weighted by atomic mass is 10.1. The van der Waals surface area contributed by atoms with Gasteiger partial charge in [-0.1, -0.05) is 41.6 Å². The number of furan rings is 1. The van der Waals surface area contributed by atoms with Gasteiger partial charge < -0.3 is 9.52 Å². The minimum Gasteiger partial charge on any atom is -0.480 e. The molecule has 1 N–H and O–H groups in total. The average Bonchev–Trinajstić information content (AvgIpc) is 3.15. The van der Waals surface area contributed by atoms with Crippen LogP contribution in [-0.2, 0) is 9.59 Å². The molecule has 0 atom stereocenters. The molecule has 0 bridgehead atoms. The van der Waals surface area contributed by atoms with Gasteiger partial charge in [-0.25, -0.2) is 0 Å². The Kier molecular flexibility index (Phi) is 5.26. The number of carboxylic acids is 1. The summed E-state index contributed by atoms with van der Waals surface area (Å²) in [6.07, 6.45) is 2.20. The zero-order chi connectivity index (χ0) is 18.8. The Bertz CT molecular complexity index is 966. The normalized spacial score (nSPS) is 15.7. The van der Waals surface area contributed by atoms with Gasteiger partial charge in [0.2, 0.25) is 0 Å². The number of hydrogen-bond donors (Lipinski definition) is 1. The van der Waals surface area contributed by atoms with Crippen LogP contribution >= 0.6 is 35.6 Å². The fourth-order valence-corrected chi connectivity index (χ4v) is 3.80. The molecule has 0 aliphatic carbocycles. The maximum Gasteiger partial charge on any atom is 0.323 e. The molecule has 132 valence electrons. The number of nitrogens with zero attached hydrogens (tertiary/aromatic N) is 1. The number of carboxylic acid groups (broad SMARTS) is 1. The van der Waals surface area contributed by atoms with E-state index in [2.05, 4.69) is 0 Å². The van der Waals surface area contributed by atoms with E-state index in [9.17, 15) is 14.4 Å². The quantitative estimate of drug-likeness (QED) is 0.459. The third kappa shape index (κ3) is 3.72. The topological polar surface area (TPSA) is 87.8 Å². The van der Waals surface area contributed by atoms with Crippen LogP contribution < -0.4 is 0 Å². The van der Waals surface area contributed by atoms with Gasteiger partial charge in [0.25, 0.3) is 5.91 Å². The van der Waals surface area contributed by atoms with Crippen molar-refractivity contribution in [2.45, 2.75) is 0 Å². The zero-order valence-electron chi connectivity index (χ0n) is 13.0. The summed E-state index contributed by atoms with van der Waals surface area (Å²) in [6.45, 7) is -0.482. The van der Waals surface area contributed by atoms with Gasteiger partial charge in [0.1, 0.15) is 28.7 Å². The van der Waals surface area contributed by atoms with Gasteiger partial charge in [0.15, 0.2) is 0 Å². The third-order valence-electron chi connectivity index (χ3n) is 3.46. The number of amides is 1. The number of carbonyl (C=O) groups is 3. The lowest BCUT2D eigenvalue weighted by molar-refractivity contribution is -0.140. The Balaban J connectivity index is 1.86. The summed E-state index contributed by atoms with van der Waals surface area (Å²) in [5, 5.41) is 9.21. The van der Waals surface area contributed by atoms with E-state index in [0.717, 1.165) is 16.7 Å². The number of halogens is 1. The molecule has 1 aromatic carbocycles. The number of benzene rings is 1. The summed E-state index contributed by atoms with van der Waals surface area (Å²) in [7, 11) is 0. The molecule has 1 aliphatic heterocycles. The van der Waals surface area contributed by atoms with Crippen molar-refractivity contribution in [3.63, 3.8) is 0 Å². The van der Waals surface area contributed by atoms with Crippen LogP contribution in [0.2, 0.25) is 5.02 Å². The molecular formula is C17H10ClNO5S2. The minimum absolute atomic E-state index is 0.183. The highest BCUT2D eigenvalue weighted by molar-refractivity contribution is 8.26. The second-order valence-electron chi connectivity index (χ2n) is 5.22. The third-order valence-corrected chi connectivity index (χ3v) is 5.15. The van der Waals surface area contributed by atoms with Crippen LogP contribution in [0.15, 0.2) is 39.7 Å². The molecule has 26 heavy (non-hydrogen) atoms. The largest absolute Gasteiger partial charge is 0.480 e. The van der Waals surface area contributed by atoms with E-state index < -0.39 is 18.4 Å². The Hall–Kier alpha value is -2.42. The van der Waals surface area contributed by atoms with Crippen molar-refractivity contribution in [2.24, 2.45) is 0 Å². The van der Waals surface area contributed by atoms with Crippen molar-refractivity contribution in [1.29, 1.82) is 0 Å². The van der Waals surface area contributed by atoms with Crippen LogP contribution in [-0.4, -0.2) is 39.0 Å². The van der Waals surface area contributed by atoms with Crippen molar-refractivity contribution in [3.05, 3.63) is 51.6 Å². The maximum absolute atomic E-state index is 12.2. The van der Waals surface area contributed by atoms with Crippen LogP contribution in [0.4, 0.5) is 0 Å². The molecule has 1 saturated heterocycles. The molecule has 1 aromatic heterocycles. The summed E-state index contributed by atoms with van der Waals surface area (Å²) in [4.78, 5) is 35.1. The fourth-order valence-electron chi connectivity index (χ4n) is 2.28. The van der Waals surface area contributed by atoms with Gasteiger partial charge in [-0.3, -0.25) is 19.3 Å². The molecule has 3 rings (SSSR count). The molecule has 2 aromatic rings. The lowest BCUT2D eigenvalue weighted by Gasteiger charge is -2.09. The van der Waals surface area contributed by atoms with Crippen LogP contribution in [0.1, 0.15) is 16.1 Å². The standard InChI is InChI=1S/C17H10ClNO5S2/c18-12-5-9(8-20)1-3-11(12)13-4-2-10(24-13)6-14-16(23)19(7-15(21)22)17(25)26-14/h1-6,8H,7H2,(H,21,22)/b14-6-. The molecule has 1 fully saturated rings. The molecule has 0 radical (unpaired) electrons. The molecule has 0 unspecified atom stereocenters. The highest BCUT2D eigenvalue weighted by Gasteiger charge is 2.33. The predicted molar refractivity (Wildman–Crippen MR) is 102 cm³/mol.